The van der Waals surface area contributed by atoms with Crippen LogP contribution in [0.2, 0.25) is 0 Å². The van der Waals surface area contributed by atoms with Crippen LogP contribution >= 0.6 is 0 Å². The van der Waals surface area contributed by atoms with E-state index >= 15 is 0 Å². The van der Waals surface area contributed by atoms with Crippen LogP contribution in [0.1, 0.15) is 23.1 Å². The summed E-state index contributed by atoms with van der Waals surface area (Å²) in [6.45, 7) is 3.24. The molecular weight excluding hydrogens is 330 g/mol. The van der Waals surface area contributed by atoms with Crippen molar-refractivity contribution < 1.29 is 9.84 Å². The van der Waals surface area contributed by atoms with Gasteiger partial charge in [-0.25, -0.2) is 9.97 Å². The number of β-amino-alcohol motifs (C(OH)–C–C–N with tert-alkyl or cyclic N) is 1. The number of fused-ring (bicyclic) bond motifs is 1. The zero-order valence-electron chi connectivity index (χ0n) is 14.8. The minimum atomic E-state index is -0.354. The van der Waals surface area contributed by atoms with Gasteiger partial charge in [-0.05, 0) is 29.5 Å². The fourth-order valence-corrected chi connectivity index (χ4v) is 3.85. The fraction of sp³-hybridized carbons (Fsp3) is 0.474. The van der Waals surface area contributed by atoms with Gasteiger partial charge in [-0.2, -0.15) is 0 Å². The van der Waals surface area contributed by atoms with Crippen LogP contribution in [0, 0.1) is 0 Å². The molecule has 1 saturated heterocycles. The molecule has 4 N–H and O–H groups in total. The number of hydrogen-bond acceptors (Lipinski definition) is 7. The number of aromatic nitrogens is 2. The minimum absolute atomic E-state index is 0.119. The molecule has 2 aliphatic rings. The van der Waals surface area contributed by atoms with Crippen molar-refractivity contribution in [2.45, 2.75) is 38.1 Å². The molecule has 4 rings (SSSR count). The number of hydrogen-bond donors (Lipinski definition) is 3. The van der Waals surface area contributed by atoms with Gasteiger partial charge in [0.2, 0.25) is 0 Å². The van der Waals surface area contributed by atoms with Crippen molar-refractivity contribution in [1.29, 1.82) is 0 Å². The summed E-state index contributed by atoms with van der Waals surface area (Å²) in [6, 6.07) is 8.41. The topological polar surface area (TPSA) is 96.5 Å². The molecule has 0 amide bonds. The molecule has 0 spiro atoms. The zero-order valence-corrected chi connectivity index (χ0v) is 14.8. The van der Waals surface area contributed by atoms with Gasteiger partial charge in [0.1, 0.15) is 18.0 Å². The fourth-order valence-electron chi connectivity index (χ4n) is 3.85. The lowest BCUT2D eigenvalue weighted by Crippen LogP contribution is -2.36. The van der Waals surface area contributed by atoms with Crippen LogP contribution < -0.4 is 16.0 Å². The number of nitrogens with two attached hydrogens (primary N) is 1. The first-order valence-electron chi connectivity index (χ1n) is 9.12. The highest BCUT2D eigenvalue weighted by molar-refractivity contribution is 5.51. The molecule has 7 nitrogen and oxygen atoms in total. The molecule has 2 aliphatic heterocycles. The van der Waals surface area contributed by atoms with Gasteiger partial charge in [0.05, 0.1) is 19.3 Å². The Morgan fingerprint density at radius 2 is 2.27 bits per heavy atom. The minimum Gasteiger partial charge on any atom is -0.391 e. The molecule has 0 radical (unpaired) electrons. The Balaban J connectivity index is 1.48. The van der Waals surface area contributed by atoms with Crippen LogP contribution in [-0.4, -0.2) is 46.9 Å². The average molecular weight is 355 g/mol. The van der Waals surface area contributed by atoms with Crippen LogP contribution in [0.3, 0.4) is 0 Å². The van der Waals surface area contributed by atoms with Gasteiger partial charge in [-0.3, -0.25) is 0 Å². The lowest BCUT2D eigenvalue weighted by molar-refractivity contribution is 0.110. The Morgan fingerprint density at radius 3 is 3.15 bits per heavy atom. The maximum Gasteiger partial charge on any atom is 0.134 e. The number of benzene rings is 1. The number of ether oxygens (including phenoxy) is 1. The molecule has 138 valence electrons. The number of aliphatic hydroxyl groups excluding tert-OH is 1. The van der Waals surface area contributed by atoms with Gasteiger partial charge in [0, 0.05) is 31.7 Å². The van der Waals surface area contributed by atoms with E-state index in [1.165, 1.54) is 16.7 Å². The van der Waals surface area contributed by atoms with E-state index in [-0.39, 0.29) is 12.1 Å². The Kier molecular flexibility index (Phi) is 5.01. The van der Waals surface area contributed by atoms with E-state index < -0.39 is 0 Å². The standard InChI is InChI=1S/C19H25N5O2/c20-8-15-6-16(25)10-24(15)19-7-18(22-12-23-19)21-9-13-2-1-3-14-11-26-5-4-17(13)14/h1-3,7,12,15-16,25H,4-6,8-11,20H2,(H,21,22,23)/t15-,16-/m1/s1. The lowest BCUT2D eigenvalue weighted by atomic mass is 9.97. The number of nitrogens with one attached hydrogen (secondary N) is 1. The number of aliphatic hydroxyl groups is 1. The third-order valence-corrected chi connectivity index (χ3v) is 5.20. The molecule has 0 saturated carbocycles. The second-order valence-corrected chi connectivity index (χ2v) is 6.90. The first-order chi connectivity index (χ1) is 12.7. The van der Waals surface area contributed by atoms with Gasteiger partial charge in [0.15, 0.2) is 0 Å². The molecule has 1 fully saturated rings. The quantitative estimate of drug-likeness (QED) is 0.738. The first kappa shape index (κ1) is 17.2. The summed E-state index contributed by atoms with van der Waals surface area (Å²) < 4.78 is 5.54. The normalized spacial score (nSPS) is 22.3. The molecular formula is C19H25N5O2. The molecule has 7 heteroatoms. The number of anilines is 2. The van der Waals surface area contributed by atoms with Crippen LogP contribution in [0.15, 0.2) is 30.6 Å². The average Bonchev–Trinajstić information content (AvgIpc) is 3.07. The molecule has 0 unspecified atom stereocenters. The van der Waals surface area contributed by atoms with Crippen molar-refractivity contribution in [2.75, 3.05) is 29.9 Å². The molecule has 3 heterocycles. The first-order valence-corrected chi connectivity index (χ1v) is 9.12. The van der Waals surface area contributed by atoms with Gasteiger partial charge in [0.25, 0.3) is 0 Å². The highest BCUT2D eigenvalue weighted by atomic mass is 16.5. The van der Waals surface area contributed by atoms with Crippen LogP contribution in [-0.2, 0) is 24.3 Å². The monoisotopic (exact) mass is 355 g/mol. The third-order valence-electron chi connectivity index (χ3n) is 5.20. The van der Waals surface area contributed by atoms with Crippen molar-refractivity contribution in [3.63, 3.8) is 0 Å². The summed E-state index contributed by atoms with van der Waals surface area (Å²) in [5, 5.41) is 13.3. The highest BCUT2D eigenvalue weighted by Gasteiger charge is 2.30. The molecule has 0 bridgehead atoms. The Hall–Kier alpha value is -2.22. The van der Waals surface area contributed by atoms with Crippen LogP contribution in [0.4, 0.5) is 11.6 Å². The van der Waals surface area contributed by atoms with Crippen molar-refractivity contribution in [3.05, 3.63) is 47.3 Å². The maximum atomic E-state index is 9.93. The third kappa shape index (κ3) is 3.51. The van der Waals surface area contributed by atoms with Gasteiger partial charge < -0.3 is 25.8 Å². The Morgan fingerprint density at radius 1 is 1.35 bits per heavy atom. The molecule has 26 heavy (non-hydrogen) atoms. The lowest BCUT2D eigenvalue weighted by Gasteiger charge is -2.24. The van der Waals surface area contributed by atoms with Crippen molar-refractivity contribution in [1.82, 2.24) is 9.97 Å². The van der Waals surface area contributed by atoms with Gasteiger partial charge >= 0.3 is 0 Å². The summed E-state index contributed by atoms with van der Waals surface area (Å²) in [6.07, 6.45) is 2.84. The number of rotatable bonds is 5. The predicted molar refractivity (Wildman–Crippen MR) is 100.0 cm³/mol. The summed E-state index contributed by atoms with van der Waals surface area (Å²) >= 11 is 0. The summed E-state index contributed by atoms with van der Waals surface area (Å²) in [4.78, 5) is 10.8. The maximum absolute atomic E-state index is 9.93. The summed E-state index contributed by atoms with van der Waals surface area (Å²) in [5.74, 6) is 1.58. The SMILES string of the molecule is NC[C@H]1C[C@@H](O)CN1c1cc(NCc2cccc3c2CCOC3)ncn1. The van der Waals surface area contributed by atoms with Gasteiger partial charge in [-0.1, -0.05) is 18.2 Å². The predicted octanol–water partition coefficient (Wildman–Crippen LogP) is 1.06. The second-order valence-electron chi connectivity index (χ2n) is 6.90. The van der Waals surface area contributed by atoms with E-state index in [1.54, 1.807) is 6.33 Å². The van der Waals surface area contributed by atoms with E-state index in [0.29, 0.717) is 32.7 Å². The molecule has 1 aromatic carbocycles. The summed E-state index contributed by atoms with van der Waals surface area (Å²) in [5.41, 5.74) is 9.77. The zero-order chi connectivity index (χ0) is 17.9. The Labute approximate surface area is 153 Å². The van der Waals surface area contributed by atoms with E-state index in [4.69, 9.17) is 10.5 Å². The molecule has 0 aliphatic carbocycles. The van der Waals surface area contributed by atoms with Crippen LogP contribution in [0.5, 0.6) is 0 Å². The molecule has 2 atom stereocenters. The summed E-state index contributed by atoms with van der Waals surface area (Å²) in [7, 11) is 0. The second kappa shape index (κ2) is 7.57. The molecule has 2 aromatic rings. The van der Waals surface area contributed by atoms with Crippen molar-refractivity contribution in [2.24, 2.45) is 5.73 Å². The van der Waals surface area contributed by atoms with E-state index in [1.807, 2.05) is 6.07 Å². The Bertz CT molecular complexity index is 769. The van der Waals surface area contributed by atoms with Crippen molar-refractivity contribution >= 4 is 11.6 Å². The number of nitrogens with zero attached hydrogens (tertiary/aromatic N) is 3. The van der Waals surface area contributed by atoms with E-state index in [9.17, 15) is 5.11 Å². The molecule has 1 aromatic heterocycles. The largest absolute Gasteiger partial charge is 0.391 e. The van der Waals surface area contributed by atoms with E-state index in [2.05, 4.69) is 38.4 Å². The smallest absolute Gasteiger partial charge is 0.134 e. The highest BCUT2D eigenvalue weighted by Crippen LogP contribution is 2.25. The van der Waals surface area contributed by atoms with E-state index in [0.717, 1.165) is 24.7 Å². The van der Waals surface area contributed by atoms with Crippen molar-refractivity contribution in [3.8, 4) is 0 Å². The van der Waals surface area contributed by atoms with Crippen LogP contribution in [0.25, 0.3) is 0 Å². The van der Waals surface area contributed by atoms with Gasteiger partial charge in [-0.15, -0.1) is 0 Å².